The molecule has 1 aromatic carbocycles. The second kappa shape index (κ2) is 9.96. The molecule has 0 bridgehead atoms. The number of pyridine rings is 2. The van der Waals surface area contributed by atoms with Crippen molar-refractivity contribution in [2.75, 3.05) is 0 Å². The Hall–Kier alpha value is -2.55. The van der Waals surface area contributed by atoms with E-state index < -0.39 is 0 Å². The minimum Gasteiger partial charge on any atom is -0.207 e. The van der Waals surface area contributed by atoms with Gasteiger partial charge in [0.1, 0.15) is 12.4 Å². The first kappa shape index (κ1) is 19.2. The van der Waals surface area contributed by atoms with Crippen LogP contribution in [0, 0.1) is 5.82 Å². The van der Waals surface area contributed by atoms with Gasteiger partial charge < -0.3 is 0 Å². The lowest BCUT2D eigenvalue weighted by Gasteiger charge is -2.02. The number of aryl methyl sites for hydroxylation is 1. The summed E-state index contributed by atoms with van der Waals surface area (Å²) in [4.78, 5) is 0. The van der Waals surface area contributed by atoms with E-state index in [0.717, 1.165) is 12.2 Å². The smallest absolute Gasteiger partial charge is 0.207 e. The van der Waals surface area contributed by atoms with Gasteiger partial charge in [0.25, 0.3) is 0 Å². The van der Waals surface area contributed by atoms with E-state index in [1.807, 2.05) is 17.0 Å². The van der Waals surface area contributed by atoms with Crippen LogP contribution in [-0.2, 0) is 6.54 Å². The fraction of sp³-hybridized carbons (Fsp3) is 0.333. The monoisotopic (exact) mass is 364 g/mol. The summed E-state index contributed by atoms with van der Waals surface area (Å²) in [7, 11) is 0. The predicted octanol–water partition coefficient (Wildman–Crippen LogP) is 5.42. The van der Waals surface area contributed by atoms with Crippen LogP contribution in [-0.4, -0.2) is 0 Å². The van der Waals surface area contributed by atoms with Gasteiger partial charge in [-0.1, -0.05) is 32.6 Å². The van der Waals surface area contributed by atoms with E-state index in [2.05, 4.69) is 48.1 Å². The Morgan fingerprint density at radius 3 is 1.85 bits per heavy atom. The molecule has 2 aromatic heterocycles. The third-order valence-corrected chi connectivity index (χ3v) is 4.95. The maximum atomic E-state index is 13.1. The first-order valence-corrected chi connectivity index (χ1v) is 10.0. The Bertz CT molecular complexity index is 809. The molecule has 0 spiro atoms. The van der Waals surface area contributed by atoms with Gasteiger partial charge in [-0.25, -0.2) is 8.96 Å². The van der Waals surface area contributed by atoms with Gasteiger partial charge in [-0.05, 0) is 29.7 Å². The summed E-state index contributed by atoms with van der Waals surface area (Å²) in [5.74, 6) is -0.213. The Morgan fingerprint density at radius 1 is 0.667 bits per heavy atom. The molecule has 0 amide bonds. The summed E-state index contributed by atoms with van der Waals surface area (Å²) in [5.41, 5.74) is 3.34. The zero-order valence-electron chi connectivity index (χ0n) is 16.2. The molecule has 3 rings (SSSR count). The van der Waals surface area contributed by atoms with Crippen LogP contribution in [0.15, 0.2) is 73.3 Å². The topological polar surface area (TPSA) is 7.76 Å². The summed E-state index contributed by atoms with van der Waals surface area (Å²) < 4.78 is 17.3. The maximum Gasteiger partial charge on any atom is 0.210 e. The van der Waals surface area contributed by atoms with E-state index in [-0.39, 0.29) is 5.82 Å². The third kappa shape index (κ3) is 5.72. The van der Waals surface area contributed by atoms with Crippen LogP contribution < -0.4 is 9.13 Å². The molecule has 0 N–H and O–H groups in total. The normalized spacial score (nSPS) is 10.9. The van der Waals surface area contributed by atoms with Crippen molar-refractivity contribution in [2.45, 2.75) is 52.0 Å². The highest BCUT2D eigenvalue weighted by atomic mass is 19.1. The van der Waals surface area contributed by atoms with Gasteiger partial charge in [-0.3, -0.25) is 0 Å². The van der Waals surface area contributed by atoms with E-state index in [1.54, 1.807) is 12.1 Å². The second-order valence-corrected chi connectivity index (χ2v) is 7.06. The second-order valence-electron chi connectivity index (χ2n) is 7.06. The first-order valence-electron chi connectivity index (χ1n) is 10.0. The lowest BCUT2D eigenvalue weighted by Crippen LogP contribution is -2.32. The van der Waals surface area contributed by atoms with Crippen LogP contribution in [0.25, 0.3) is 16.8 Å². The summed E-state index contributed by atoms with van der Waals surface area (Å²) in [6.07, 6.45) is 16.3. The molecule has 2 nitrogen and oxygen atoms in total. The third-order valence-electron chi connectivity index (χ3n) is 4.95. The number of unbranched alkanes of at least 4 members (excludes halogenated alkanes) is 5. The highest BCUT2D eigenvalue weighted by Crippen LogP contribution is 2.16. The average Bonchev–Trinajstić information content (AvgIpc) is 2.72. The number of aromatic nitrogens is 2. The van der Waals surface area contributed by atoms with E-state index in [1.165, 1.54) is 61.8 Å². The molecule has 3 aromatic rings. The molecule has 0 fully saturated rings. The Kier molecular flexibility index (Phi) is 7.09. The van der Waals surface area contributed by atoms with Gasteiger partial charge >= 0.3 is 0 Å². The van der Waals surface area contributed by atoms with Crippen LogP contribution in [0.3, 0.4) is 0 Å². The summed E-state index contributed by atoms with van der Waals surface area (Å²) >= 11 is 0. The van der Waals surface area contributed by atoms with Crippen LogP contribution in [0.4, 0.5) is 4.39 Å². The molecular weight excluding hydrogens is 335 g/mol. The molecule has 0 saturated carbocycles. The van der Waals surface area contributed by atoms with Crippen LogP contribution in [0.1, 0.15) is 45.4 Å². The molecule has 27 heavy (non-hydrogen) atoms. The lowest BCUT2D eigenvalue weighted by molar-refractivity contribution is -0.697. The molecule has 0 aliphatic heterocycles. The Labute approximate surface area is 161 Å². The van der Waals surface area contributed by atoms with E-state index >= 15 is 0 Å². The Morgan fingerprint density at radius 2 is 1.22 bits per heavy atom. The molecule has 0 aliphatic carbocycles. The maximum absolute atomic E-state index is 13.1. The summed E-state index contributed by atoms with van der Waals surface area (Å²) in [5, 5.41) is 0. The minimum atomic E-state index is -0.213. The number of rotatable bonds is 9. The van der Waals surface area contributed by atoms with Crippen LogP contribution in [0.5, 0.6) is 0 Å². The van der Waals surface area contributed by atoms with Gasteiger partial charge in [0.2, 0.25) is 5.69 Å². The quantitative estimate of drug-likeness (QED) is 0.354. The molecule has 3 heteroatoms. The van der Waals surface area contributed by atoms with E-state index in [4.69, 9.17) is 0 Å². The largest absolute Gasteiger partial charge is 0.210 e. The number of hydrogen-bond donors (Lipinski definition) is 0. The van der Waals surface area contributed by atoms with Gasteiger partial charge in [-0.2, -0.15) is 4.57 Å². The van der Waals surface area contributed by atoms with E-state index in [9.17, 15) is 4.39 Å². The average molecular weight is 365 g/mol. The van der Waals surface area contributed by atoms with Gasteiger partial charge in [0.15, 0.2) is 24.8 Å². The first-order chi connectivity index (χ1) is 13.3. The van der Waals surface area contributed by atoms with E-state index in [0.29, 0.717) is 0 Å². The number of halogens is 1. The van der Waals surface area contributed by atoms with Crippen molar-refractivity contribution in [1.29, 1.82) is 0 Å². The number of benzene rings is 1. The molecule has 0 aliphatic rings. The standard InChI is InChI=1S/C24H29FN2/c1-2-3-4-5-6-7-16-26-17-12-21(13-18-26)22-14-19-27(20-15-22)24-10-8-23(25)9-11-24/h8-15,17-20H,2-7,16H2,1H3/q+2. The minimum absolute atomic E-state index is 0.213. The fourth-order valence-corrected chi connectivity index (χ4v) is 3.28. The molecular formula is C24H29FN2+2. The number of nitrogens with zero attached hydrogens (tertiary/aromatic N) is 2. The van der Waals surface area contributed by atoms with Gasteiger partial charge in [0, 0.05) is 42.8 Å². The molecule has 140 valence electrons. The van der Waals surface area contributed by atoms with Crippen molar-refractivity contribution in [2.24, 2.45) is 0 Å². The molecule has 0 saturated heterocycles. The van der Waals surface area contributed by atoms with Crippen LogP contribution in [0.2, 0.25) is 0 Å². The Balaban J connectivity index is 1.56. The van der Waals surface area contributed by atoms with Crippen molar-refractivity contribution in [3.8, 4) is 16.8 Å². The number of hydrogen-bond acceptors (Lipinski definition) is 0. The van der Waals surface area contributed by atoms with Crippen molar-refractivity contribution in [1.82, 2.24) is 0 Å². The summed E-state index contributed by atoms with van der Waals surface area (Å²) in [6, 6.07) is 15.1. The predicted molar refractivity (Wildman–Crippen MR) is 107 cm³/mol. The van der Waals surface area contributed by atoms with Crippen molar-refractivity contribution < 1.29 is 13.5 Å². The summed E-state index contributed by atoms with van der Waals surface area (Å²) in [6.45, 7) is 3.35. The van der Waals surface area contributed by atoms with Gasteiger partial charge in [0.05, 0.1) is 0 Å². The fourth-order valence-electron chi connectivity index (χ4n) is 3.28. The lowest BCUT2D eigenvalue weighted by atomic mass is 10.1. The van der Waals surface area contributed by atoms with Crippen molar-refractivity contribution >= 4 is 0 Å². The highest BCUT2D eigenvalue weighted by molar-refractivity contribution is 5.61. The molecule has 0 radical (unpaired) electrons. The highest BCUT2D eigenvalue weighted by Gasteiger charge is 2.08. The molecule has 0 unspecified atom stereocenters. The van der Waals surface area contributed by atoms with Gasteiger partial charge in [-0.15, -0.1) is 0 Å². The van der Waals surface area contributed by atoms with Crippen molar-refractivity contribution in [3.63, 3.8) is 0 Å². The SMILES string of the molecule is CCCCCCCC[n+]1ccc(-c2cc[n+](-c3ccc(F)cc3)cc2)cc1. The zero-order valence-corrected chi connectivity index (χ0v) is 16.2. The molecule has 2 heterocycles. The van der Waals surface area contributed by atoms with Crippen LogP contribution >= 0.6 is 0 Å². The zero-order chi connectivity index (χ0) is 18.9. The molecule has 0 atom stereocenters. The van der Waals surface area contributed by atoms with Crippen molar-refractivity contribution in [3.05, 3.63) is 79.1 Å².